The molecule has 130 valence electrons. The van der Waals surface area contributed by atoms with Gasteiger partial charge in [0.1, 0.15) is 5.82 Å². The summed E-state index contributed by atoms with van der Waals surface area (Å²) in [4.78, 5) is 0. The second kappa shape index (κ2) is 7.00. The number of H-pyrrole nitrogens is 1. The summed E-state index contributed by atoms with van der Waals surface area (Å²) in [5.74, 6) is 1.09. The Morgan fingerprint density at radius 3 is 2.91 bits per heavy atom. The van der Waals surface area contributed by atoms with Gasteiger partial charge in [-0.3, -0.25) is 5.10 Å². The summed E-state index contributed by atoms with van der Waals surface area (Å²) in [5.41, 5.74) is 0. The fourth-order valence-corrected chi connectivity index (χ4v) is 4.79. The molecule has 0 aromatic carbocycles. The van der Waals surface area contributed by atoms with E-state index in [1.807, 2.05) is 4.57 Å². The Hall–Kier alpha value is -0.770. The summed E-state index contributed by atoms with van der Waals surface area (Å²) in [6, 6.07) is 0. The predicted molar refractivity (Wildman–Crippen MR) is 89.4 cm³/mol. The lowest BCUT2D eigenvalue weighted by atomic mass is 9.98. The van der Waals surface area contributed by atoms with Crippen LogP contribution in [0.3, 0.4) is 0 Å². The van der Waals surface area contributed by atoms with E-state index in [1.54, 1.807) is 11.2 Å². The van der Waals surface area contributed by atoms with Crippen molar-refractivity contribution in [2.75, 3.05) is 25.4 Å². The summed E-state index contributed by atoms with van der Waals surface area (Å²) >= 11 is 5.36. The van der Waals surface area contributed by atoms with Crippen LogP contribution in [0, 0.1) is 4.77 Å². The first kappa shape index (κ1) is 17.1. The van der Waals surface area contributed by atoms with Crippen molar-refractivity contribution in [2.24, 2.45) is 0 Å². The molecule has 0 bridgehead atoms. The van der Waals surface area contributed by atoms with Gasteiger partial charge in [-0.2, -0.15) is 5.10 Å². The highest BCUT2D eigenvalue weighted by Gasteiger charge is 2.31. The molecule has 2 fully saturated rings. The van der Waals surface area contributed by atoms with Crippen LogP contribution in [0.5, 0.6) is 0 Å². The van der Waals surface area contributed by atoms with Crippen LogP contribution >= 0.6 is 12.2 Å². The number of rotatable bonds is 5. The molecule has 0 radical (unpaired) electrons. The van der Waals surface area contributed by atoms with Crippen molar-refractivity contribution in [3.05, 3.63) is 10.6 Å². The van der Waals surface area contributed by atoms with Crippen LogP contribution in [-0.4, -0.2) is 59.0 Å². The van der Waals surface area contributed by atoms with E-state index >= 15 is 0 Å². The van der Waals surface area contributed by atoms with Gasteiger partial charge in [-0.25, -0.2) is 12.7 Å². The van der Waals surface area contributed by atoms with Crippen LogP contribution in [0.15, 0.2) is 0 Å². The maximum absolute atomic E-state index is 12.2. The van der Waals surface area contributed by atoms with Gasteiger partial charge >= 0.3 is 0 Å². The number of nitrogens with zero attached hydrogens (tertiary/aromatic N) is 3. The molecule has 9 heteroatoms. The third-order valence-electron chi connectivity index (χ3n) is 4.71. The lowest BCUT2D eigenvalue weighted by Gasteiger charge is -2.31. The van der Waals surface area contributed by atoms with Crippen molar-refractivity contribution in [1.82, 2.24) is 19.1 Å². The highest BCUT2D eigenvalue weighted by molar-refractivity contribution is 7.89. The van der Waals surface area contributed by atoms with E-state index in [2.05, 4.69) is 10.2 Å². The van der Waals surface area contributed by atoms with Crippen LogP contribution in [0.4, 0.5) is 0 Å². The van der Waals surface area contributed by atoms with Crippen LogP contribution in [0.2, 0.25) is 0 Å². The molecule has 2 saturated heterocycles. The Labute approximate surface area is 142 Å². The molecule has 7 nitrogen and oxygen atoms in total. The Morgan fingerprint density at radius 1 is 1.39 bits per heavy atom. The van der Waals surface area contributed by atoms with E-state index in [4.69, 9.17) is 17.0 Å². The second-order valence-electron chi connectivity index (χ2n) is 6.23. The molecule has 2 aliphatic rings. The van der Waals surface area contributed by atoms with Gasteiger partial charge in [0.05, 0.1) is 18.4 Å². The van der Waals surface area contributed by atoms with E-state index in [9.17, 15) is 8.42 Å². The van der Waals surface area contributed by atoms with Gasteiger partial charge in [-0.1, -0.05) is 0 Å². The number of hydrogen-bond acceptors (Lipinski definition) is 5. The van der Waals surface area contributed by atoms with Gasteiger partial charge in [0.25, 0.3) is 0 Å². The molecule has 0 aliphatic carbocycles. The molecule has 0 amide bonds. The van der Waals surface area contributed by atoms with Crippen molar-refractivity contribution in [2.45, 2.75) is 51.2 Å². The number of aromatic nitrogens is 3. The third kappa shape index (κ3) is 3.67. The van der Waals surface area contributed by atoms with Gasteiger partial charge < -0.3 is 9.30 Å². The smallest absolute Gasteiger partial charge is 0.213 e. The number of ether oxygens (including phenoxy) is 1. The monoisotopic (exact) mass is 360 g/mol. The first-order chi connectivity index (χ1) is 11.0. The Kier molecular flexibility index (Phi) is 5.19. The molecule has 3 rings (SSSR count). The molecule has 1 aromatic rings. The maximum atomic E-state index is 12.2. The molecule has 23 heavy (non-hydrogen) atoms. The Bertz CT molecular complexity index is 691. The zero-order valence-electron chi connectivity index (χ0n) is 13.4. The van der Waals surface area contributed by atoms with Crippen LogP contribution in [0.25, 0.3) is 0 Å². The summed E-state index contributed by atoms with van der Waals surface area (Å²) in [7, 11) is -3.16. The predicted octanol–water partition coefficient (Wildman–Crippen LogP) is 1.65. The van der Waals surface area contributed by atoms with E-state index in [-0.39, 0.29) is 17.8 Å². The molecule has 2 atom stereocenters. The lowest BCUT2D eigenvalue weighted by molar-refractivity contribution is 0.0952. The van der Waals surface area contributed by atoms with Crippen LogP contribution in [0.1, 0.15) is 44.3 Å². The standard InChI is InChI=1S/C14H24N4O3S2/c1-2-23(19,20)17-7-3-5-11(9-17)13-15-16-14(22)18(13)10-12-6-4-8-21-12/h11-12H,2-10H2,1H3,(H,16,22)/t11-,12-/m0/s1. The molecular formula is C14H24N4O3S2. The summed E-state index contributed by atoms with van der Waals surface area (Å²) < 4.78 is 34.2. The van der Waals surface area contributed by atoms with Crippen molar-refractivity contribution in [3.8, 4) is 0 Å². The van der Waals surface area contributed by atoms with Crippen molar-refractivity contribution < 1.29 is 13.2 Å². The lowest BCUT2D eigenvalue weighted by Crippen LogP contribution is -2.40. The first-order valence-electron chi connectivity index (χ1n) is 8.25. The average Bonchev–Trinajstić information content (AvgIpc) is 3.19. The van der Waals surface area contributed by atoms with Gasteiger partial charge in [-0.15, -0.1) is 0 Å². The van der Waals surface area contributed by atoms with Crippen molar-refractivity contribution >= 4 is 22.2 Å². The van der Waals surface area contributed by atoms with Crippen molar-refractivity contribution in [3.63, 3.8) is 0 Å². The zero-order valence-corrected chi connectivity index (χ0v) is 15.0. The quantitative estimate of drug-likeness (QED) is 0.808. The fourth-order valence-electron chi connectivity index (χ4n) is 3.40. The van der Waals surface area contributed by atoms with Gasteiger partial charge in [-0.05, 0) is 44.8 Å². The van der Waals surface area contributed by atoms with Crippen LogP contribution in [-0.2, 0) is 21.3 Å². The second-order valence-corrected chi connectivity index (χ2v) is 8.87. The van der Waals surface area contributed by atoms with Gasteiger partial charge in [0, 0.05) is 25.6 Å². The topological polar surface area (TPSA) is 80.2 Å². The average molecular weight is 361 g/mol. The Morgan fingerprint density at radius 2 is 2.22 bits per heavy atom. The normalized spacial score (nSPS) is 26.7. The minimum atomic E-state index is -3.16. The fraction of sp³-hybridized carbons (Fsp3) is 0.857. The number of aromatic amines is 1. The molecule has 0 saturated carbocycles. The molecule has 0 unspecified atom stereocenters. The molecule has 1 aromatic heterocycles. The highest BCUT2D eigenvalue weighted by atomic mass is 32.2. The van der Waals surface area contributed by atoms with Crippen LogP contribution < -0.4 is 0 Å². The molecular weight excluding hydrogens is 336 g/mol. The molecule has 2 aliphatic heterocycles. The molecule has 0 spiro atoms. The van der Waals surface area contributed by atoms with E-state index < -0.39 is 10.0 Å². The SMILES string of the molecule is CCS(=O)(=O)N1CCC[C@H](c2n[nH]c(=S)n2C[C@@H]2CCCO2)C1. The summed E-state index contributed by atoms with van der Waals surface area (Å²) in [6.45, 7) is 4.27. The summed E-state index contributed by atoms with van der Waals surface area (Å²) in [5, 5.41) is 7.26. The third-order valence-corrected chi connectivity index (χ3v) is 6.87. The first-order valence-corrected chi connectivity index (χ1v) is 10.3. The van der Waals surface area contributed by atoms with Gasteiger partial charge in [0.15, 0.2) is 4.77 Å². The van der Waals surface area contributed by atoms with E-state index in [1.165, 1.54) is 0 Å². The number of sulfonamides is 1. The summed E-state index contributed by atoms with van der Waals surface area (Å²) in [6.07, 6.45) is 4.08. The maximum Gasteiger partial charge on any atom is 0.213 e. The minimum absolute atomic E-state index is 0.0828. The zero-order chi connectivity index (χ0) is 16.4. The van der Waals surface area contributed by atoms with Crippen molar-refractivity contribution in [1.29, 1.82) is 0 Å². The molecule has 1 N–H and O–H groups in total. The minimum Gasteiger partial charge on any atom is -0.376 e. The van der Waals surface area contributed by atoms with E-state index in [0.717, 1.165) is 38.1 Å². The van der Waals surface area contributed by atoms with Gasteiger partial charge in [0.2, 0.25) is 10.0 Å². The highest BCUT2D eigenvalue weighted by Crippen LogP contribution is 2.28. The Balaban J connectivity index is 1.79. The largest absolute Gasteiger partial charge is 0.376 e. The molecule has 3 heterocycles. The number of nitrogens with one attached hydrogen (secondary N) is 1. The number of piperidine rings is 1. The number of hydrogen-bond donors (Lipinski definition) is 1. The van der Waals surface area contributed by atoms with E-state index in [0.29, 0.717) is 24.4 Å².